The minimum atomic E-state index is -0.131. The first-order valence-electron chi connectivity index (χ1n) is 9.44. The highest BCUT2D eigenvalue weighted by atomic mass is 16.5. The van der Waals surface area contributed by atoms with E-state index >= 15 is 0 Å². The fourth-order valence-corrected chi connectivity index (χ4v) is 4.40. The molecule has 4 heteroatoms. The zero-order valence-electron chi connectivity index (χ0n) is 15.0. The zero-order valence-corrected chi connectivity index (χ0v) is 15.0. The molecule has 2 aromatic rings. The minimum absolute atomic E-state index is 0.00709. The molecular weight excluding hydrogens is 324 g/mol. The monoisotopic (exact) mass is 350 g/mol. The van der Waals surface area contributed by atoms with Gasteiger partial charge in [-0.2, -0.15) is 0 Å². The second kappa shape index (κ2) is 7.22. The minimum Gasteiger partial charge on any atom is -0.373 e. The van der Waals surface area contributed by atoms with Gasteiger partial charge in [-0.3, -0.25) is 4.79 Å². The van der Waals surface area contributed by atoms with Gasteiger partial charge in [-0.25, -0.2) is 0 Å². The Hall–Kier alpha value is -2.17. The molecule has 1 saturated carbocycles. The number of hydrogen-bond acceptors (Lipinski definition) is 3. The molecule has 1 aliphatic heterocycles. The quantitative estimate of drug-likeness (QED) is 0.871. The van der Waals surface area contributed by atoms with Gasteiger partial charge in [0.2, 0.25) is 5.91 Å². The molecule has 1 amide bonds. The normalized spacial score (nSPS) is 27.3. The second-order valence-electron chi connectivity index (χ2n) is 7.54. The van der Waals surface area contributed by atoms with Crippen molar-refractivity contribution in [1.29, 1.82) is 0 Å². The maximum absolute atomic E-state index is 12.5. The standard InChI is InChI=1S/C22H26N2O2/c23-15-22(17-7-2-1-3-8-17)13-18(14-22)24-21(25)12-20-19-9-5-4-6-16(19)10-11-26-20/h1-9,18,20H,10-15,23H2,(H,24,25)/t18?,20-,22?/m0/s1. The van der Waals surface area contributed by atoms with Gasteiger partial charge >= 0.3 is 0 Å². The van der Waals surface area contributed by atoms with Crippen LogP contribution in [0.25, 0.3) is 0 Å². The predicted molar refractivity (Wildman–Crippen MR) is 102 cm³/mol. The molecule has 0 radical (unpaired) electrons. The van der Waals surface area contributed by atoms with E-state index in [9.17, 15) is 4.79 Å². The highest BCUT2D eigenvalue weighted by molar-refractivity contribution is 5.77. The first-order valence-corrected chi connectivity index (χ1v) is 9.44. The molecule has 0 bridgehead atoms. The first kappa shape index (κ1) is 17.3. The highest BCUT2D eigenvalue weighted by Crippen LogP contribution is 2.43. The molecule has 3 N–H and O–H groups in total. The molecule has 0 unspecified atom stereocenters. The van der Waals surface area contributed by atoms with Crippen molar-refractivity contribution in [2.75, 3.05) is 13.2 Å². The Labute approximate surface area is 154 Å². The van der Waals surface area contributed by atoms with Gasteiger partial charge in [0.05, 0.1) is 19.1 Å². The maximum Gasteiger partial charge on any atom is 0.223 e. The summed E-state index contributed by atoms with van der Waals surface area (Å²) in [5.41, 5.74) is 9.80. The van der Waals surface area contributed by atoms with Crippen LogP contribution in [0.4, 0.5) is 0 Å². The molecule has 1 heterocycles. The summed E-state index contributed by atoms with van der Waals surface area (Å²) in [7, 11) is 0. The number of amides is 1. The number of benzene rings is 2. The topological polar surface area (TPSA) is 64.3 Å². The third-order valence-corrected chi connectivity index (χ3v) is 5.88. The third-order valence-electron chi connectivity index (χ3n) is 5.88. The van der Waals surface area contributed by atoms with Crippen molar-refractivity contribution in [3.63, 3.8) is 0 Å². The van der Waals surface area contributed by atoms with Crippen molar-refractivity contribution >= 4 is 5.91 Å². The van der Waals surface area contributed by atoms with Crippen LogP contribution in [0.15, 0.2) is 54.6 Å². The number of ether oxygens (including phenoxy) is 1. The van der Waals surface area contributed by atoms with Crippen molar-refractivity contribution in [2.45, 2.75) is 43.2 Å². The fourth-order valence-electron chi connectivity index (χ4n) is 4.40. The van der Waals surface area contributed by atoms with Crippen molar-refractivity contribution in [2.24, 2.45) is 5.73 Å². The first-order chi connectivity index (χ1) is 12.7. The lowest BCUT2D eigenvalue weighted by Crippen LogP contribution is -2.56. The predicted octanol–water partition coefficient (Wildman–Crippen LogP) is 2.87. The van der Waals surface area contributed by atoms with Gasteiger partial charge in [0, 0.05) is 18.0 Å². The molecule has 0 saturated heterocycles. The van der Waals surface area contributed by atoms with Crippen molar-refractivity contribution in [3.05, 3.63) is 71.3 Å². The van der Waals surface area contributed by atoms with E-state index in [0.717, 1.165) is 24.8 Å². The molecule has 1 fully saturated rings. The Morgan fingerprint density at radius 2 is 1.85 bits per heavy atom. The number of carbonyl (C=O) groups is 1. The van der Waals surface area contributed by atoms with Crippen molar-refractivity contribution < 1.29 is 9.53 Å². The zero-order chi connectivity index (χ0) is 18.0. The Morgan fingerprint density at radius 3 is 2.62 bits per heavy atom. The van der Waals surface area contributed by atoms with Crippen LogP contribution in [0.3, 0.4) is 0 Å². The Morgan fingerprint density at radius 1 is 1.12 bits per heavy atom. The number of rotatable bonds is 5. The van der Waals surface area contributed by atoms with Gasteiger partial charge in [-0.05, 0) is 36.0 Å². The highest BCUT2D eigenvalue weighted by Gasteiger charge is 2.45. The van der Waals surface area contributed by atoms with Gasteiger partial charge in [0.1, 0.15) is 0 Å². The van der Waals surface area contributed by atoms with Gasteiger partial charge in [-0.15, -0.1) is 0 Å². The van der Waals surface area contributed by atoms with Gasteiger partial charge in [0.25, 0.3) is 0 Å². The Kier molecular flexibility index (Phi) is 4.79. The van der Waals surface area contributed by atoms with Gasteiger partial charge in [0.15, 0.2) is 0 Å². The number of nitrogens with two attached hydrogens (primary N) is 1. The molecule has 1 atom stereocenters. The van der Waals surface area contributed by atoms with Crippen LogP contribution in [0.1, 0.15) is 42.1 Å². The van der Waals surface area contributed by atoms with E-state index in [0.29, 0.717) is 19.6 Å². The molecule has 136 valence electrons. The van der Waals surface area contributed by atoms with Crippen molar-refractivity contribution in [3.8, 4) is 0 Å². The molecule has 0 aromatic heterocycles. The van der Waals surface area contributed by atoms with Crippen LogP contribution in [-0.4, -0.2) is 25.1 Å². The molecule has 0 spiro atoms. The second-order valence-corrected chi connectivity index (χ2v) is 7.54. The number of hydrogen-bond donors (Lipinski definition) is 2. The smallest absolute Gasteiger partial charge is 0.223 e. The largest absolute Gasteiger partial charge is 0.373 e. The summed E-state index contributed by atoms with van der Waals surface area (Å²) in [4.78, 5) is 12.5. The summed E-state index contributed by atoms with van der Waals surface area (Å²) in [5, 5.41) is 3.18. The summed E-state index contributed by atoms with van der Waals surface area (Å²) in [6.45, 7) is 1.30. The lowest BCUT2D eigenvalue weighted by Gasteiger charge is -2.48. The van der Waals surface area contributed by atoms with Crippen LogP contribution < -0.4 is 11.1 Å². The fraction of sp³-hybridized carbons (Fsp3) is 0.409. The van der Waals surface area contributed by atoms with E-state index in [1.807, 2.05) is 18.2 Å². The summed E-state index contributed by atoms with van der Waals surface area (Å²) < 4.78 is 5.86. The number of nitrogens with one attached hydrogen (secondary N) is 1. The number of fused-ring (bicyclic) bond motifs is 1. The van der Waals surface area contributed by atoms with Crippen LogP contribution >= 0.6 is 0 Å². The summed E-state index contributed by atoms with van der Waals surface area (Å²) in [6.07, 6.45) is 2.98. The average molecular weight is 350 g/mol. The average Bonchev–Trinajstić information content (AvgIpc) is 2.65. The SMILES string of the molecule is NCC1(c2ccccc2)CC(NC(=O)C[C@@H]2OCCc3ccccc32)C1. The van der Waals surface area contributed by atoms with Gasteiger partial charge < -0.3 is 15.8 Å². The van der Waals surface area contributed by atoms with Gasteiger partial charge in [-0.1, -0.05) is 54.6 Å². The van der Waals surface area contributed by atoms with Crippen LogP contribution in [0, 0.1) is 0 Å². The van der Waals surface area contributed by atoms with Crippen LogP contribution in [-0.2, 0) is 21.4 Å². The summed E-state index contributed by atoms with van der Waals surface area (Å²) in [5.74, 6) is 0.0652. The van der Waals surface area contributed by atoms with E-state index in [1.165, 1.54) is 11.1 Å². The summed E-state index contributed by atoms with van der Waals surface area (Å²) >= 11 is 0. The molecule has 26 heavy (non-hydrogen) atoms. The Bertz CT molecular complexity index is 769. The lowest BCUT2D eigenvalue weighted by atomic mass is 9.61. The van der Waals surface area contributed by atoms with E-state index in [4.69, 9.17) is 10.5 Å². The van der Waals surface area contributed by atoms with Crippen LogP contribution in [0.2, 0.25) is 0 Å². The third kappa shape index (κ3) is 3.27. The lowest BCUT2D eigenvalue weighted by molar-refractivity contribution is -0.126. The van der Waals surface area contributed by atoms with E-state index in [1.54, 1.807) is 0 Å². The van der Waals surface area contributed by atoms with E-state index in [-0.39, 0.29) is 23.5 Å². The Balaban J connectivity index is 1.35. The van der Waals surface area contributed by atoms with Crippen molar-refractivity contribution in [1.82, 2.24) is 5.32 Å². The maximum atomic E-state index is 12.5. The molecule has 1 aliphatic carbocycles. The number of carbonyl (C=O) groups excluding carboxylic acids is 1. The van der Waals surface area contributed by atoms with Crippen LogP contribution in [0.5, 0.6) is 0 Å². The van der Waals surface area contributed by atoms with E-state index in [2.05, 4.69) is 41.7 Å². The molecular formula is C22H26N2O2. The molecule has 2 aliphatic rings. The molecule has 2 aromatic carbocycles. The molecule has 4 nitrogen and oxygen atoms in total. The van der Waals surface area contributed by atoms with E-state index < -0.39 is 0 Å². The molecule has 4 rings (SSSR count). The summed E-state index contributed by atoms with van der Waals surface area (Å²) in [6, 6.07) is 18.9.